The van der Waals surface area contributed by atoms with Crippen molar-refractivity contribution in [1.82, 2.24) is 0 Å². The molecule has 17 heteroatoms. The molecule has 1 aliphatic carbocycles. The number of aryl methyl sites for hydroxylation is 1. The molecule has 0 fully saturated rings. The quantitative estimate of drug-likeness (QED) is 0.0164. The van der Waals surface area contributed by atoms with E-state index in [4.69, 9.17) is 21.3 Å². The number of rotatable bonds is 13. The molecule has 0 unspecified atom stereocenters. The van der Waals surface area contributed by atoms with E-state index in [0.717, 1.165) is 17.2 Å². The number of carbonyl (C=O) groups excluding carboxylic acids is 1. The summed E-state index contributed by atoms with van der Waals surface area (Å²) in [4.78, 5) is 22.5. The lowest BCUT2D eigenvalue weighted by molar-refractivity contribution is -0.134. The summed E-state index contributed by atoms with van der Waals surface area (Å²) in [5.41, 5.74) is 20.6. The van der Waals surface area contributed by atoms with E-state index in [1.165, 1.54) is 30.4 Å². The highest BCUT2D eigenvalue weighted by molar-refractivity contribution is 7.86. The van der Waals surface area contributed by atoms with E-state index in [1.54, 1.807) is 61.5 Å². The number of nitrogens with zero attached hydrogens (tertiary/aromatic N) is 5. The summed E-state index contributed by atoms with van der Waals surface area (Å²) in [6.45, 7) is 4.11. The monoisotopic (exact) mass is 785 g/mol. The molecule has 288 valence electrons. The number of carbonyl (C=O) groups is 2. The number of carboxylic acids is 1. The van der Waals surface area contributed by atoms with Gasteiger partial charge in [-0.25, -0.2) is 4.79 Å². The number of nitrogens with one attached hydrogen (secondary N) is 2. The van der Waals surface area contributed by atoms with Crippen molar-refractivity contribution >= 4 is 78.8 Å². The molecule has 5 aromatic rings. The number of hydrogen-bond donors (Lipinski definition) is 6. The molecule has 0 spiro atoms. The third-order valence-electron chi connectivity index (χ3n) is 8.38. The SMILES string of the molecule is CCOc1ccc(Nc2ccc(N=Nc3c(N)c(C)cc(N=Nc4ccc(-c5ccc(NN=C6C=CC(=O)C(C(=O)O)=C6)cc5)cc4)c3N)cc2S(=O)(=O)O)cc1. The maximum Gasteiger partial charge on any atom is 0.339 e. The first-order valence-corrected chi connectivity index (χ1v) is 18.6. The van der Waals surface area contributed by atoms with Crippen molar-refractivity contribution < 1.29 is 32.4 Å². The minimum Gasteiger partial charge on any atom is -0.494 e. The Bertz CT molecular complexity index is 2620. The van der Waals surface area contributed by atoms with E-state index in [-0.39, 0.29) is 39.7 Å². The number of hydrazone groups is 1. The van der Waals surface area contributed by atoms with Gasteiger partial charge in [-0.3, -0.25) is 14.8 Å². The van der Waals surface area contributed by atoms with Gasteiger partial charge in [0, 0.05) is 5.69 Å². The third-order valence-corrected chi connectivity index (χ3v) is 9.28. The van der Waals surface area contributed by atoms with Gasteiger partial charge < -0.3 is 26.6 Å². The fourth-order valence-electron chi connectivity index (χ4n) is 5.41. The maximum absolute atomic E-state index is 12.3. The van der Waals surface area contributed by atoms with E-state index in [0.29, 0.717) is 40.7 Å². The Morgan fingerprint density at radius 1 is 0.789 bits per heavy atom. The highest BCUT2D eigenvalue weighted by Gasteiger charge is 2.20. The van der Waals surface area contributed by atoms with Crippen molar-refractivity contribution in [2.24, 2.45) is 25.6 Å². The van der Waals surface area contributed by atoms with Gasteiger partial charge in [-0.15, -0.1) is 10.2 Å². The summed E-state index contributed by atoms with van der Waals surface area (Å²) in [5, 5.41) is 33.4. The van der Waals surface area contributed by atoms with Crippen LogP contribution in [0.25, 0.3) is 11.1 Å². The Balaban J connectivity index is 1.15. The van der Waals surface area contributed by atoms with Crippen LogP contribution in [0.1, 0.15) is 12.5 Å². The number of benzene rings is 5. The van der Waals surface area contributed by atoms with Crippen molar-refractivity contribution in [1.29, 1.82) is 0 Å². The molecule has 0 saturated carbocycles. The summed E-state index contributed by atoms with van der Waals surface area (Å²) >= 11 is 0. The van der Waals surface area contributed by atoms with E-state index >= 15 is 0 Å². The Morgan fingerprint density at radius 3 is 2.07 bits per heavy atom. The van der Waals surface area contributed by atoms with Crippen LogP contribution in [0.5, 0.6) is 5.75 Å². The van der Waals surface area contributed by atoms with Crippen LogP contribution in [0, 0.1) is 6.92 Å². The predicted molar refractivity (Wildman–Crippen MR) is 218 cm³/mol. The van der Waals surface area contributed by atoms with Crippen molar-refractivity contribution in [3.8, 4) is 16.9 Å². The lowest BCUT2D eigenvalue weighted by Crippen LogP contribution is -2.15. The fourth-order valence-corrected chi connectivity index (χ4v) is 6.08. The van der Waals surface area contributed by atoms with Gasteiger partial charge in [0.05, 0.1) is 46.4 Å². The number of aliphatic carboxylic acids is 1. The van der Waals surface area contributed by atoms with Gasteiger partial charge >= 0.3 is 5.97 Å². The number of hydrogen-bond acceptors (Lipinski definition) is 14. The Labute approximate surface area is 326 Å². The standard InChI is InChI=1S/C40H35N9O7S/c1-3-56-31-16-12-26(13-17-31)43-33-18-14-30(22-36(33)57(53,54)55)47-49-39-37(41)23(2)20-34(38(39)42)48-45-28-10-6-25(7-11-28)24-4-8-27(9-5-24)44-46-29-15-19-35(50)32(21-29)40(51)52/h4-22,43-44H,3,41-42H2,1-2H3,(H,51,52)(H,53,54,55). The smallest absolute Gasteiger partial charge is 0.339 e. The molecule has 0 aliphatic heterocycles. The molecule has 0 aromatic heterocycles. The zero-order valence-electron chi connectivity index (χ0n) is 30.4. The Kier molecular flexibility index (Phi) is 11.6. The van der Waals surface area contributed by atoms with Gasteiger partial charge in [0.15, 0.2) is 5.78 Å². The van der Waals surface area contributed by atoms with Gasteiger partial charge in [-0.1, -0.05) is 24.3 Å². The van der Waals surface area contributed by atoms with Gasteiger partial charge in [0.2, 0.25) is 0 Å². The van der Waals surface area contributed by atoms with Crippen molar-refractivity contribution in [3.63, 3.8) is 0 Å². The Hall–Kier alpha value is -7.50. The largest absolute Gasteiger partial charge is 0.494 e. The number of ketones is 1. The molecule has 5 aromatic carbocycles. The predicted octanol–water partition coefficient (Wildman–Crippen LogP) is 8.96. The lowest BCUT2D eigenvalue weighted by Gasteiger charge is -2.12. The molecule has 0 amide bonds. The van der Waals surface area contributed by atoms with Crippen molar-refractivity contribution in [3.05, 3.63) is 126 Å². The van der Waals surface area contributed by atoms with Crippen LogP contribution in [0.15, 0.2) is 151 Å². The summed E-state index contributed by atoms with van der Waals surface area (Å²) in [6.07, 6.45) is 3.79. The number of nitrogens with two attached hydrogens (primary N) is 2. The van der Waals surface area contributed by atoms with Gasteiger partial charge in [0.1, 0.15) is 27.6 Å². The van der Waals surface area contributed by atoms with Gasteiger partial charge in [-0.05, 0) is 122 Å². The fraction of sp³-hybridized carbons (Fsp3) is 0.0750. The topological polar surface area (TPSA) is 256 Å². The second-order valence-electron chi connectivity index (χ2n) is 12.4. The first-order valence-electron chi connectivity index (χ1n) is 17.1. The molecule has 0 heterocycles. The number of carboxylic acid groups (broad SMARTS) is 1. The Morgan fingerprint density at radius 2 is 1.42 bits per heavy atom. The molecule has 8 N–H and O–H groups in total. The van der Waals surface area contributed by atoms with Crippen molar-refractivity contribution in [2.75, 3.05) is 28.8 Å². The van der Waals surface area contributed by atoms with Gasteiger partial charge in [0.25, 0.3) is 10.1 Å². The summed E-state index contributed by atoms with van der Waals surface area (Å²) in [6, 6.07) is 27.3. The van der Waals surface area contributed by atoms with Crippen LogP contribution >= 0.6 is 0 Å². The maximum atomic E-state index is 12.3. The van der Waals surface area contributed by atoms with Crippen LogP contribution in [0.4, 0.5) is 51.2 Å². The van der Waals surface area contributed by atoms with Crippen molar-refractivity contribution in [2.45, 2.75) is 18.7 Å². The van der Waals surface area contributed by atoms with Crippen LogP contribution < -0.4 is 26.9 Å². The second kappa shape index (κ2) is 16.9. The van der Waals surface area contributed by atoms with E-state index < -0.39 is 26.8 Å². The lowest BCUT2D eigenvalue weighted by atomic mass is 10.0. The molecule has 0 bridgehead atoms. The average Bonchev–Trinajstić information content (AvgIpc) is 3.19. The molecule has 0 saturated heterocycles. The van der Waals surface area contributed by atoms with Crippen LogP contribution in [-0.4, -0.2) is 42.1 Å². The molecular weight excluding hydrogens is 751 g/mol. The second-order valence-corrected chi connectivity index (χ2v) is 13.7. The normalized spacial score (nSPS) is 13.6. The van der Waals surface area contributed by atoms with Gasteiger partial charge in [-0.2, -0.15) is 23.7 Å². The summed E-state index contributed by atoms with van der Waals surface area (Å²) in [5.74, 6) is -1.26. The molecule has 1 aliphatic rings. The number of ether oxygens (including phenoxy) is 1. The highest BCUT2D eigenvalue weighted by Crippen LogP contribution is 2.41. The van der Waals surface area contributed by atoms with E-state index in [9.17, 15) is 22.6 Å². The highest BCUT2D eigenvalue weighted by atomic mass is 32.2. The zero-order chi connectivity index (χ0) is 40.7. The van der Waals surface area contributed by atoms with Crippen LogP contribution in [0.2, 0.25) is 0 Å². The molecule has 0 atom stereocenters. The first-order chi connectivity index (χ1) is 27.3. The molecule has 57 heavy (non-hydrogen) atoms. The zero-order valence-corrected chi connectivity index (χ0v) is 31.2. The van der Waals surface area contributed by atoms with Crippen LogP contribution in [0.3, 0.4) is 0 Å². The number of nitrogen functional groups attached to an aromatic ring is 2. The minimum absolute atomic E-state index is 0.0937. The minimum atomic E-state index is -4.67. The number of anilines is 5. The van der Waals surface area contributed by atoms with E-state index in [1.807, 2.05) is 31.2 Å². The molecular formula is C40H35N9O7S. The number of allylic oxidation sites excluding steroid dienone is 3. The van der Waals surface area contributed by atoms with Crippen LogP contribution in [-0.2, 0) is 19.7 Å². The molecule has 0 radical (unpaired) electrons. The third kappa shape index (κ3) is 9.60. The number of azo groups is 2. The first kappa shape index (κ1) is 39.2. The molecule has 6 rings (SSSR count). The van der Waals surface area contributed by atoms with E-state index in [2.05, 4.69) is 36.3 Å². The summed E-state index contributed by atoms with van der Waals surface area (Å²) in [7, 11) is -4.67. The average molecular weight is 786 g/mol. The summed E-state index contributed by atoms with van der Waals surface area (Å²) < 4.78 is 40.1. The molecule has 16 nitrogen and oxygen atoms in total.